The number of thioether (sulfide) groups is 1. The van der Waals surface area contributed by atoms with Crippen LogP contribution in [0.15, 0.2) is 29.2 Å². The fourth-order valence-corrected chi connectivity index (χ4v) is 4.39. The Hall–Kier alpha value is -0.580. The number of likely N-dealkylation sites (tertiary alicyclic amines) is 1. The van der Waals surface area contributed by atoms with Gasteiger partial charge in [0.1, 0.15) is 5.82 Å². The van der Waals surface area contributed by atoms with E-state index in [4.69, 9.17) is 0 Å². The highest BCUT2D eigenvalue weighted by Gasteiger charge is 2.32. The second-order valence-electron chi connectivity index (χ2n) is 5.73. The monoisotopic (exact) mass is 294 g/mol. The zero-order valence-corrected chi connectivity index (χ0v) is 12.7. The molecule has 20 heavy (non-hydrogen) atoms. The predicted octanol–water partition coefficient (Wildman–Crippen LogP) is 3.13. The molecule has 1 N–H and O–H groups in total. The minimum atomic E-state index is -0.0899. The molecule has 2 unspecified atom stereocenters. The van der Waals surface area contributed by atoms with E-state index < -0.39 is 0 Å². The van der Waals surface area contributed by atoms with Crippen molar-refractivity contribution in [1.82, 2.24) is 10.2 Å². The molecule has 0 bridgehead atoms. The van der Waals surface area contributed by atoms with E-state index in [-0.39, 0.29) is 5.82 Å². The molecule has 110 valence electrons. The van der Waals surface area contributed by atoms with Crippen LogP contribution >= 0.6 is 11.8 Å². The molecule has 2 aliphatic rings. The lowest BCUT2D eigenvalue weighted by Gasteiger charge is -2.29. The van der Waals surface area contributed by atoms with Crippen molar-refractivity contribution in [2.75, 3.05) is 25.4 Å². The van der Waals surface area contributed by atoms with Gasteiger partial charge in [-0.05, 0) is 50.9 Å². The summed E-state index contributed by atoms with van der Waals surface area (Å²) < 4.78 is 13.6. The molecule has 2 heterocycles. The molecule has 3 rings (SSSR count). The molecule has 0 aromatic heterocycles. The van der Waals surface area contributed by atoms with E-state index in [1.807, 2.05) is 12.1 Å². The molecule has 2 saturated heterocycles. The standard InChI is InChI=1S/C16H23FN2S/c17-13-5-1-2-8-16(13)20-12-11-19-10-4-7-15(19)14-6-3-9-18-14/h1-2,5,8,14-15,18H,3-4,6-7,9-12H2. The van der Waals surface area contributed by atoms with Crippen molar-refractivity contribution >= 4 is 11.8 Å². The lowest BCUT2D eigenvalue weighted by molar-refractivity contribution is 0.226. The van der Waals surface area contributed by atoms with Crippen molar-refractivity contribution in [3.8, 4) is 0 Å². The number of benzene rings is 1. The molecule has 2 aliphatic heterocycles. The third-order valence-corrected chi connectivity index (χ3v) is 5.48. The summed E-state index contributed by atoms with van der Waals surface area (Å²) in [6.45, 7) is 3.46. The lowest BCUT2D eigenvalue weighted by Crippen LogP contribution is -2.44. The average Bonchev–Trinajstić information content (AvgIpc) is 3.11. The van der Waals surface area contributed by atoms with Crippen LogP contribution < -0.4 is 5.32 Å². The lowest BCUT2D eigenvalue weighted by atomic mass is 10.0. The van der Waals surface area contributed by atoms with Crippen LogP contribution in [0, 0.1) is 5.82 Å². The first-order valence-electron chi connectivity index (χ1n) is 7.69. The van der Waals surface area contributed by atoms with Gasteiger partial charge in [0.15, 0.2) is 0 Å². The maximum Gasteiger partial charge on any atom is 0.136 e. The highest BCUT2D eigenvalue weighted by atomic mass is 32.2. The minimum Gasteiger partial charge on any atom is -0.312 e. The van der Waals surface area contributed by atoms with E-state index in [0.717, 1.165) is 17.2 Å². The SMILES string of the molecule is Fc1ccccc1SCCN1CCCC1C1CCCN1. The van der Waals surface area contributed by atoms with E-state index in [2.05, 4.69) is 10.2 Å². The highest BCUT2D eigenvalue weighted by molar-refractivity contribution is 7.99. The van der Waals surface area contributed by atoms with E-state index >= 15 is 0 Å². The quantitative estimate of drug-likeness (QED) is 0.840. The molecule has 1 aromatic rings. The van der Waals surface area contributed by atoms with Gasteiger partial charge in [-0.15, -0.1) is 11.8 Å². The van der Waals surface area contributed by atoms with Crippen LogP contribution in [-0.4, -0.2) is 42.4 Å². The molecular weight excluding hydrogens is 271 g/mol. The number of nitrogens with one attached hydrogen (secondary N) is 1. The normalized spacial score (nSPS) is 27.2. The smallest absolute Gasteiger partial charge is 0.136 e. The van der Waals surface area contributed by atoms with E-state index in [1.165, 1.54) is 38.8 Å². The Labute approximate surface area is 125 Å². The van der Waals surface area contributed by atoms with Crippen LogP contribution in [-0.2, 0) is 0 Å². The fraction of sp³-hybridized carbons (Fsp3) is 0.625. The maximum absolute atomic E-state index is 13.6. The maximum atomic E-state index is 13.6. The van der Waals surface area contributed by atoms with E-state index in [1.54, 1.807) is 23.9 Å². The van der Waals surface area contributed by atoms with Crippen molar-refractivity contribution in [3.05, 3.63) is 30.1 Å². The third kappa shape index (κ3) is 3.35. The van der Waals surface area contributed by atoms with Gasteiger partial charge in [-0.1, -0.05) is 12.1 Å². The summed E-state index contributed by atoms with van der Waals surface area (Å²) in [5, 5.41) is 3.64. The van der Waals surface area contributed by atoms with Gasteiger partial charge < -0.3 is 5.32 Å². The Balaban J connectivity index is 1.49. The first-order valence-corrected chi connectivity index (χ1v) is 8.68. The number of hydrogen-bond acceptors (Lipinski definition) is 3. The van der Waals surface area contributed by atoms with Gasteiger partial charge in [-0.25, -0.2) is 4.39 Å². The van der Waals surface area contributed by atoms with Crippen molar-refractivity contribution in [2.45, 2.75) is 42.7 Å². The summed E-state index contributed by atoms with van der Waals surface area (Å²) in [6, 6.07) is 8.48. The van der Waals surface area contributed by atoms with Crippen LogP contribution in [0.25, 0.3) is 0 Å². The number of halogens is 1. The molecular formula is C16H23FN2S. The summed E-state index contributed by atoms with van der Waals surface area (Å²) >= 11 is 1.64. The summed E-state index contributed by atoms with van der Waals surface area (Å²) in [5.41, 5.74) is 0. The predicted molar refractivity (Wildman–Crippen MR) is 82.7 cm³/mol. The van der Waals surface area contributed by atoms with Gasteiger partial charge in [0.05, 0.1) is 0 Å². The molecule has 0 saturated carbocycles. The van der Waals surface area contributed by atoms with Crippen molar-refractivity contribution < 1.29 is 4.39 Å². The van der Waals surface area contributed by atoms with Crippen LogP contribution in [0.1, 0.15) is 25.7 Å². The van der Waals surface area contributed by atoms with E-state index in [9.17, 15) is 4.39 Å². The summed E-state index contributed by atoms with van der Waals surface area (Å²) in [5.74, 6) is 0.886. The first-order chi connectivity index (χ1) is 9.84. The number of nitrogens with zero attached hydrogens (tertiary/aromatic N) is 1. The molecule has 0 spiro atoms. The van der Waals surface area contributed by atoms with Crippen LogP contribution in [0.4, 0.5) is 4.39 Å². The van der Waals surface area contributed by atoms with Gasteiger partial charge in [-0.2, -0.15) is 0 Å². The minimum absolute atomic E-state index is 0.0899. The van der Waals surface area contributed by atoms with Crippen LogP contribution in [0.5, 0.6) is 0 Å². The largest absolute Gasteiger partial charge is 0.312 e. The van der Waals surface area contributed by atoms with Crippen molar-refractivity contribution in [2.24, 2.45) is 0 Å². The summed E-state index contributed by atoms with van der Waals surface area (Å²) in [4.78, 5) is 3.39. The van der Waals surface area contributed by atoms with Gasteiger partial charge >= 0.3 is 0 Å². The second-order valence-corrected chi connectivity index (χ2v) is 6.86. The molecule has 0 radical (unpaired) electrons. The Kier molecular flexibility index (Phi) is 4.97. The topological polar surface area (TPSA) is 15.3 Å². The highest BCUT2D eigenvalue weighted by Crippen LogP contribution is 2.26. The summed E-state index contributed by atoms with van der Waals surface area (Å²) in [6.07, 6.45) is 5.27. The third-order valence-electron chi connectivity index (χ3n) is 4.45. The van der Waals surface area contributed by atoms with Crippen LogP contribution in [0.2, 0.25) is 0 Å². The molecule has 2 atom stereocenters. The van der Waals surface area contributed by atoms with Crippen molar-refractivity contribution in [1.29, 1.82) is 0 Å². The Bertz CT molecular complexity index is 434. The molecule has 2 nitrogen and oxygen atoms in total. The van der Waals surface area contributed by atoms with E-state index in [0.29, 0.717) is 12.1 Å². The average molecular weight is 294 g/mol. The van der Waals surface area contributed by atoms with Gasteiger partial charge in [0, 0.05) is 29.3 Å². The van der Waals surface area contributed by atoms with Gasteiger partial charge in [0.25, 0.3) is 0 Å². The zero-order chi connectivity index (χ0) is 13.8. The molecule has 2 fully saturated rings. The Morgan fingerprint density at radius 1 is 1.25 bits per heavy atom. The molecule has 0 amide bonds. The van der Waals surface area contributed by atoms with Gasteiger partial charge in [0.2, 0.25) is 0 Å². The number of rotatable bonds is 5. The fourth-order valence-electron chi connectivity index (χ4n) is 3.46. The molecule has 1 aromatic carbocycles. The second kappa shape index (κ2) is 6.92. The Morgan fingerprint density at radius 2 is 2.15 bits per heavy atom. The summed E-state index contributed by atoms with van der Waals surface area (Å²) in [7, 11) is 0. The zero-order valence-electron chi connectivity index (χ0n) is 11.9. The molecule has 0 aliphatic carbocycles. The Morgan fingerprint density at radius 3 is 2.95 bits per heavy atom. The first kappa shape index (κ1) is 14.4. The van der Waals surface area contributed by atoms with Crippen molar-refractivity contribution in [3.63, 3.8) is 0 Å². The molecule has 4 heteroatoms. The van der Waals surface area contributed by atoms with Crippen LogP contribution in [0.3, 0.4) is 0 Å². The number of hydrogen-bond donors (Lipinski definition) is 1. The van der Waals surface area contributed by atoms with Gasteiger partial charge in [-0.3, -0.25) is 4.90 Å².